The second kappa shape index (κ2) is 5.19. The van der Waals surface area contributed by atoms with E-state index >= 15 is 0 Å². The average Bonchev–Trinajstić information content (AvgIpc) is 2.89. The van der Waals surface area contributed by atoms with Gasteiger partial charge >= 0.3 is 0 Å². The van der Waals surface area contributed by atoms with Gasteiger partial charge in [-0.15, -0.1) is 0 Å². The molecule has 0 saturated heterocycles. The van der Waals surface area contributed by atoms with Gasteiger partial charge in [0.1, 0.15) is 5.75 Å². The third-order valence-corrected chi connectivity index (χ3v) is 4.06. The number of ether oxygens (including phenoxy) is 1. The first kappa shape index (κ1) is 12.9. The number of aromatic nitrogens is 2. The molecular weight excluding hydrogens is 272 g/mol. The largest absolute Gasteiger partial charge is 0.497 e. The fourth-order valence-corrected chi connectivity index (χ4v) is 2.98. The van der Waals surface area contributed by atoms with E-state index in [0.717, 1.165) is 17.8 Å². The number of rotatable bonds is 3. The maximum Gasteiger partial charge on any atom is 0.120 e. The van der Waals surface area contributed by atoms with E-state index in [1.54, 1.807) is 7.11 Å². The highest BCUT2D eigenvalue weighted by Crippen LogP contribution is 2.31. The van der Waals surface area contributed by atoms with Gasteiger partial charge in [-0.3, -0.25) is 4.98 Å². The summed E-state index contributed by atoms with van der Waals surface area (Å²) in [5.74, 6) is 0.873. The smallest absolute Gasteiger partial charge is 0.120 e. The van der Waals surface area contributed by atoms with Crippen LogP contribution in [0.2, 0.25) is 0 Å². The molecule has 0 amide bonds. The molecule has 0 N–H and O–H groups in total. The Morgan fingerprint density at radius 1 is 0.955 bits per heavy atom. The van der Waals surface area contributed by atoms with Gasteiger partial charge in [0.2, 0.25) is 0 Å². The molecule has 3 nitrogen and oxygen atoms in total. The van der Waals surface area contributed by atoms with Gasteiger partial charge in [-0.1, -0.05) is 30.3 Å². The van der Waals surface area contributed by atoms with Crippen LogP contribution in [0.1, 0.15) is 5.56 Å². The van der Waals surface area contributed by atoms with Crippen LogP contribution in [0.4, 0.5) is 0 Å². The second-order valence-electron chi connectivity index (χ2n) is 5.35. The molecule has 3 heteroatoms. The quantitative estimate of drug-likeness (QED) is 0.563. The number of fused-ring (bicyclic) bond motifs is 3. The van der Waals surface area contributed by atoms with Crippen molar-refractivity contribution >= 4 is 21.8 Å². The molecular formula is C19H16N2O. The molecule has 0 aliphatic heterocycles. The Kier molecular flexibility index (Phi) is 3.04. The molecule has 0 saturated carbocycles. The molecule has 0 bridgehead atoms. The highest BCUT2D eigenvalue weighted by Gasteiger charge is 2.11. The average molecular weight is 288 g/mol. The number of hydrogen-bond donors (Lipinski definition) is 0. The minimum Gasteiger partial charge on any atom is -0.497 e. The van der Waals surface area contributed by atoms with Crippen LogP contribution in [0.15, 0.2) is 67.0 Å². The van der Waals surface area contributed by atoms with Crippen molar-refractivity contribution in [2.75, 3.05) is 7.11 Å². The molecule has 2 heterocycles. The fourth-order valence-electron chi connectivity index (χ4n) is 2.98. The second-order valence-corrected chi connectivity index (χ2v) is 5.35. The molecule has 0 unspecified atom stereocenters. The van der Waals surface area contributed by atoms with Crippen molar-refractivity contribution in [3.63, 3.8) is 0 Å². The van der Waals surface area contributed by atoms with Gasteiger partial charge in [-0.25, -0.2) is 0 Å². The van der Waals surface area contributed by atoms with E-state index in [9.17, 15) is 0 Å². The lowest BCUT2D eigenvalue weighted by molar-refractivity contribution is 0.415. The van der Waals surface area contributed by atoms with E-state index in [1.807, 2.05) is 24.5 Å². The third kappa shape index (κ3) is 2.02. The van der Waals surface area contributed by atoms with Crippen molar-refractivity contribution in [2.24, 2.45) is 0 Å². The first-order chi connectivity index (χ1) is 10.9. The predicted octanol–water partition coefficient (Wildman–Crippen LogP) is 4.25. The van der Waals surface area contributed by atoms with Crippen LogP contribution in [-0.4, -0.2) is 16.7 Å². The zero-order chi connectivity index (χ0) is 14.9. The Morgan fingerprint density at radius 2 is 1.77 bits per heavy atom. The molecule has 108 valence electrons. The minimum atomic E-state index is 0.819. The standard InChI is InChI=1S/C19H16N2O/c1-22-15-7-8-16-17-9-10-20-12-19(17)21(18(16)11-15)13-14-5-3-2-4-6-14/h2-12H,13H2,1H3. The van der Waals surface area contributed by atoms with E-state index in [4.69, 9.17) is 4.74 Å². The van der Waals surface area contributed by atoms with Crippen molar-refractivity contribution in [1.29, 1.82) is 0 Å². The lowest BCUT2D eigenvalue weighted by Gasteiger charge is -2.08. The van der Waals surface area contributed by atoms with Crippen LogP contribution in [0, 0.1) is 0 Å². The summed E-state index contributed by atoms with van der Waals surface area (Å²) < 4.78 is 7.70. The van der Waals surface area contributed by atoms with Gasteiger partial charge in [-0.05, 0) is 23.8 Å². The van der Waals surface area contributed by atoms with E-state index in [-0.39, 0.29) is 0 Å². The monoisotopic (exact) mass is 288 g/mol. The Bertz CT molecular complexity index is 942. The molecule has 22 heavy (non-hydrogen) atoms. The zero-order valence-electron chi connectivity index (χ0n) is 12.4. The van der Waals surface area contributed by atoms with Crippen molar-refractivity contribution < 1.29 is 4.74 Å². The highest BCUT2D eigenvalue weighted by molar-refractivity contribution is 6.08. The Labute approximate surface area is 128 Å². The highest BCUT2D eigenvalue weighted by atomic mass is 16.5. The topological polar surface area (TPSA) is 27.1 Å². The van der Waals surface area contributed by atoms with Crippen LogP contribution >= 0.6 is 0 Å². The van der Waals surface area contributed by atoms with Crippen LogP contribution in [0.5, 0.6) is 5.75 Å². The predicted molar refractivity (Wildman–Crippen MR) is 89.3 cm³/mol. The van der Waals surface area contributed by atoms with Crippen molar-refractivity contribution in [3.8, 4) is 5.75 Å². The number of nitrogens with zero attached hydrogens (tertiary/aromatic N) is 2. The van der Waals surface area contributed by atoms with E-state index in [2.05, 4.69) is 52.0 Å². The van der Waals surface area contributed by atoms with Gasteiger partial charge in [0.05, 0.1) is 24.3 Å². The Morgan fingerprint density at radius 3 is 2.59 bits per heavy atom. The van der Waals surface area contributed by atoms with Crippen LogP contribution < -0.4 is 4.74 Å². The third-order valence-electron chi connectivity index (χ3n) is 4.06. The summed E-state index contributed by atoms with van der Waals surface area (Å²) in [7, 11) is 1.70. The molecule has 0 radical (unpaired) electrons. The fraction of sp³-hybridized carbons (Fsp3) is 0.105. The number of pyridine rings is 1. The zero-order valence-corrected chi connectivity index (χ0v) is 12.4. The first-order valence-corrected chi connectivity index (χ1v) is 7.31. The molecule has 2 aromatic carbocycles. The summed E-state index contributed by atoms with van der Waals surface area (Å²) in [5, 5.41) is 2.46. The first-order valence-electron chi connectivity index (χ1n) is 7.31. The summed E-state index contributed by atoms with van der Waals surface area (Å²) in [5.41, 5.74) is 3.59. The minimum absolute atomic E-state index is 0.819. The Hall–Kier alpha value is -2.81. The van der Waals surface area contributed by atoms with E-state index < -0.39 is 0 Å². The lowest BCUT2D eigenvalue weighted by atomic mass is 10.2. The summed E-state index contributed by atoms with van der Waals surface area (Å²) >= 11 is 0. The van der Waals surface area contributed by atoms with E-state index in [1.165, 1.54) is 21.9 Å². The maximum atomic E-state index is 5.39. The van der Waals surface area contributed by atoms with Crippen LogP contribution in [0.25, 0.3) is 21.8 Å². The maximum absolute atomic E-state index is 5.39. The number of hydrogen-bond acceptors (Lipinski definition) is 2. The summed E-state index contributed by atoms with van der Waals surface area (Å²) in [6.45, 7) is 0.819. The molecule has 0 atom stereocenters. The summed E-state index contributed by atoms with van der Waals surface area (Å²) in [6, 6.07) is 18.8. The van der Waals surface area contributed by atoms with Crippen molar-refractivity contribution in [3.05, 3.63) is 72.6 Å². The van der Waals surface area contributed by atoms with Crippen LogP contribution in [0.3, 0.4) is 0 Å². The van der Waals surface area contributed by atoms with Crippen molar-refractivity contribution in [1.82, 2.24) is 9.55 Å². The SMILES string of the molecule is COc1ccc2c3ccncc3n(Cc3ccccc3)c2c1. The van der Waals surface area contributed by atoms with Gasteiger partial charge in [0.15, 0.2) is 0 Å². The molecule has 0 fully saturated rings. The van der Waals surface area contributed by atoms with Gasteiger partial charge in [0.25, 0.3) is 0 Å². The number of benzene rings is 2. The normalized spacial score (nSPS) is 11.1. The number of methoxy groups -OCH3 is 1. The van der Waals surface area contributed by atoms with Crippen molar-refractivity contribution in [2.45, 2.75) is 6.54 Å². The molecule has 4 rings (SSSR count). The van der Waals surface area contributed by atoms with Gasteiger partial charge in [0, 0.05) is 29.6 Å². The van der Waals surface area contributed by atoms with Gasteiger partial charge < -0.3 is 9.30 Å². The van der Waals surface area contributed by atoms with Gasteiger partial charge in [-0.2, -0.15) is 0 Å². The summed E-state index contributed by atoms with van der Waals surface area (Å²) in [6.07, 6.45) is 3.78. The Balaban J connectivity index is 2.00. The molecule has 2 aromatic heterocycles. The molecule has 0 spiro atoms. The molecule has 0 aliphatic rings. The van der Waals surface area contributed by atoms with Crippen LogP contribution in [-0.2, 0) is 6.54 Å². The molecule has 0 aliphatic carbocycles. The summed E-state index contributed by atoms with van der Waals surface area (Å²) in [4.78, 5) is 4.30. The van der Waals surface area contributed by atoms with E-state index in [0.29, 0.717) is 0 Å². The molecule has 4 aromatic rings. The lowest BCUT2D eigenvalue weighted by Crippen LogP contribution is -1.99.